The van der Waals surface area contributed by atoms with Crippen LogP contribution < -0.4 is 5.32 Å². The quantitative estimate of drug-likeness (QED) is 0.648. The molecule has 7 heteroatoms. The number of thioether (sulfide) groups is 1. The molecule has 5 nitrogen and oxygen atoms in total. The highest BCUT2D eigenvalue weighted by atomic mass is 35.5. The van der Waals surface area contributed by atoms with Crippen LogP contribution in [0.25, 0.3) is 0 Å². The van der Waals surface area contributed by atoms with Crippen LogP contribution in [0.2, 0.25) is 5.02 Å². The Morgan fingerprint density at radius 1 is 1.15 bits per heavy atom. The van der Waals surface area contributed by atoms with Crippen molar-refractivity contribution in [2.24, 2.45) is 7.05 Å². The van der Waals surface area contributed by atoms with Crippen LogP contribution in [0.5, 0.6) is 0 Å². The second-order valence-electron chi connectivity index (χ2n) is 5.87. The summed E-state index contributed by atoms with van der Waals surface area (Å²) in [5, 5.41) is 12.7. The Labute approximate surface area is 161 Å². The zero-order valence-electron chi connectivity index (χ0n) is 14.6. The van der Waals surface area contributed by atoms with E-state index in [2.05, 4.69) is 27.6 Å². The van der Waals surface area contributed by atoms with Crippen molar-refractivity contribution in [1.29, 1.82) is 0 Å². The van der Waals surface area contributed by atoms with Crippen LogP contribution in [-0.4, -0.2) is 26.4 Å². The molecule has 1 N–H and O–H groups in total. The average molecular weight is 387 g/mol. The molecule has 1 aromatic heterocycles. The largest absolute Gasteiger partial charge is 0.325 e. The summed E-state index contributed by atoms with van der Waals surface area (Å²) in [5.41, 5.74) is 2.76. The zero-order chi connectivity index (χ0) is 18.5. The van der Waals surface area contributed by atoms with Crippen LogP contribution in [0.1, 0.15) is 17.0 Å². The van der Waals surface area contributed by atoms with Crippen molar-refractivity contribution < 1.29 is 4.79 Å². The molecule has 26 heavy (non-hydrogen) atoms. The van der Waals surface area contributed by atoms with E-state index in [-0.39, 0.29) is 11.7 Å². The minimum absolute atomic E-state index is 0.104. The van der Waals surface area contributed by atoms with Gasteiger partial charge in [0.05, 0.1) is 5.75 Å². The summed E-state index contributed by atoms with van der Waals surface area (Å²) >= 11 is 7.44. The molecule has 1 heterocycles. The predicted octanol–water partition coefficient (Wildman–Crippen LogP) is 4.10. The number of nitrogens with zero attached hydrogens (tertiary/aromatic N) is 3. The van der Waals surface area contributed by atoms with E-state index in [0.717, 1.165) is 17.1 Å². The van der Waals surface area contributed by atoms with E-state index >= 15 is 0 Å². The van der Waals surface area contributed by atoms with Crippen LogP contribution in [0.4, 0.5) is 5.69 Å². The van der Waals surface area contributed by atoms with Crippen LogP contribution in [0.15, 0.2) is 53.7 Å². The third-order valence-corrected chi connectivity index (χ3v) is 5.43. The number of rotatable bonds is 6. The lowest BCUT2D eigenvalue weighted by atomic mass is 10.1. The summed E-state index contributed by atoms with van der Waals surface area (Å²) in [6.07, 6.45) is 0.707. The van der Waals surface area contributed by atoms with Crippen molar-refractivity contribution in [1.82, 2.24) is 14.8 Å². The SMILES string of the molecule is Cc1c(Cl)cccc1NC(=O)CSc1nnc(Cc2ccccc2)n1C. The van der Waals surface area contributed by atoms with Gasteiger partial charge in [0.15, 0.2) is 5.16 Å². The molecule has 0 saturated carbocycles. The highest BCUT2D eigenvalue weighted by Gasteiger charge is 2.13. The molecule has 0 spiro atoms. The van der Waals surface area contributed by atoms with Gasteiger partial charge in [-0.25, -0.2) is 0 Å². The Hall–Kier alpha value is -2.31. The van der Waals surface area contributed by atoms with Crippen LogP contribution in [0.3, 0.4) is 0 Å². The van der Waals surface area contributed by atoms with E-state index in [1.165, 1.54) is 17.3 Å². The Bertz CT molecular complexity index is 911. The predicted molar refractivity (Wildman–Crippen MR) is 106 cm³/mol. The van der Waals surface area contributed by atoms with Gasteiger partial charge in [-0.15, -0.1) is 10.2 Å². The molecule has 3 rings (SSSR count). The van der Waals surface area contributed by atoms with E-state index in [1.807, 2.05) is 48.9 Å². The molecule has 0 bridgehead atoms. The summed E-state index contributed by atoms with van der Waals surface area (Å²) in [4.78, 5) is 12.2. The lowest BCUT2D eigenvalue weighted by molar-refractivity contribution is -0.113. The fourth-order valence-corrected chi connectivity index (χ4v) is 3.37. The number of benzene rings is 2. The number of carbonyl (C=O) groups excluding carboxylic acids is 1. The maximum absolute atomic E-state index is 12.2. The second-order valence-corrected chi connectivity index (χ2v) is 7.22. The first-order chi connectivity index (χ1) is 12.5. The fourth-order valence-electron chi connectivity index (χ4n) is 2.46. The number of carbonyl (C=O) groups is 1. The van der Waals surface area contributed by atoms with Crippen molar-refractivity contribution in [3.63, 3.8) is 0 Å². The summed E-state index contributed by atoms with van der Waals surface area (Å²) in [5.74, 6) is 1.02. The first kappa shape index (κ1) is 18.5. The third-order valence-electron chi connectivity index (χ3n) is 4.00. The normalized spacial score (nSPS) is 10.7. The maximum atomic E-state index is 12.2. The van der Waals surface area contributed by atoms with Gasteiger partial charge in [-0.05, 0) is 30.2 Å². The minimum Gasteiger partial charge on any atom is -0.325 e. The van der Waals surface area contributed by atoms with Gasteiger partial charge in [0.25, 0.3) is 0 Å². The monoisotopic (exact) mass is 386 g/mol. The topological polar surface area (TPSA) is 59.8 Å². The number of nitrogens with one attached hydrogen (secondary N) is 1. The Morgan fingerprint density at radius 3 is 2.69 bits per heavy atom. The van der Waals surface area contributed by atoms with Gasteiger partial charge in [0, 0.05) is 24.2 Å². The van der Waals surface area contributed by atoms with Gasteiger partial charge in [0.1, 0.15) is 5.82 Å². The number of halogens is 1. The van der Waals surface area contributed by atoms with Gasteiger partial charge >= 0.3 is 0 Å². The van der Waals surface area contributed by atoms with E-state index in [9.17, 15) is 4.79 Å². The second kappa shape index (κ2) is 8.38. The minimum atomic E-state index is -0.104. The van der Waals surface area contributed by atoms with Crippen molar-refractivity contribution >= 4 is 35.0 Å². The van der Waals surface area contributed by atoms with Crippen molar-refractivity contribution in [3.8, 4) is 0 Å². The lowest BCUT2D eigenvalue weighted by Crippen LogP contribution is -2.15. The molecule has 0 aliphatic heterocycles. The molecule has 0 aliphatic carbocycles. The van der Waals surface area contributed by atoms with Gasteiger partial charge < -0.3 is 9.88 Å². The average Bonchev–Trinajstić information content (AvgIpc) is 2.98. The van der Waals surface area contributed by atoms with Crippen molar-refractivity contribution in [3.05, 3.63) is 70.5 Å². The smallest absolute Gasteiger partial charge is 0.234 e. The fraction of sp³-hybridized carbons (Fsp3) is 0.211. The van der Waals surface area contributed by atoms with Crippen LogP contribution in [-0.2, 0) is 18.3 Å². The molecular weight excluding hydrogens is 368 g/mol. The standard InChI is InChI=1S/C19H19ClN4OS/c1-13-15(20)9-6-10-16(13)21-18(25)12-26-19-23-22-17(24(19)2)11-14-7-4-3-5-8-14/h3-10H,11-12H2,1-2H3,(H,21,25). The Morgan fingerprint density at radius 2 is 1.92 bits per heavy atom. The van der Waals surface area contributed by atoms with Crippen LogP contribution in [0, 0.1) is 6.92 Å². The molecule has 3 aromatic rings. The molecular formula is C19H19ClN4OS. The number of amides is 1. The molecule has 2 aromatic carbocycles. The summed E-state index contributed by atoms with van der Waals surface area (Å²) < 4.78 is 1.93. The Balaban J connectivity index is 1.59. The van der Waals surface area contributed by atoms with Gasteiger partial charge in [-0.1, -0.05) is 59.8 Å². The molecule has 0 radical (unpaired) electrons. The number of aromatic nitrogens is 3. The van der Waals surface area contributed by atoms with E-state index < -0.39 is 0 Å². The van der Waals surface area contributed by atoms with Crippen molar-refractivity contribution in [2.45, 2.75) is 18.5 Å². The molecule has 1 amide bonds. The Kier molecular flexibility index (Phi) is 5.96. The van der Waals surface area contributed by atoms with Crippen LogP contribution >= 0.6 is 23.4 Å². The van der Waals surface area contributed by atoms with Gasteiger partial charge in [0.2, 0.25) is 5.91 Å². The summed E-state index contributed by atoms with van der Waals surface area (Å²) in [7, 11) is 1.92. The first-order valence-electron chi connectivity index (χ1n) is 8.14. The molecule has 0 aliphatic rings. The highest BCUT2D eigenvalue weighted by Crippen LogP contribution is 2.23. The highest BCUT2D eigenvalue weighted by molar-refractivity contribution is 7.99. The van der Waals surface area contributed by atoms with Gasteiger partial charge in [-0.3, -0.25) is 4.79 Å². The molecule has 0 unspecified atom stereocenters. The maximum Gasteiger partial charge on any atom is 0.234 e. The van der Waals surface area contributed by atoms with E-state index in [0.29, 0.717) is 16.6 Å². The summed E-state index contributed by atoms with van der Waals surface area (Å²) in [6.45, 7) is 1.88. The molecule has 0 atom stereocenters. The molecule has 0 fully saturated rings. The van der Waals surface area contributed by atoms with E-state index in [1.54, 1.807) is 6.07 Å². The lowest BCUT2D eigenvalue weighted by Gasteiger charge is -2.09. The first-order valence-corrected chi connectivity index (χ1v) is 9.51. The number of hydrogen-bond acceptors (Lipinski definition) is 4. The van der Waals surface area contributed by atoms with Crippen molar-refractivity contribution in [2.75, 3.05) is 11.1 Å². The van der Waals surface area contributed by atoms with Gasteiger partial charge in [-0.2, -0.15) is 0 Å². The third kappa shape index (κ3) is 4.45. The number of hydrogen-bond donors (Lipinski definition) is 1. The number of anilines is 1. The molecule has 0 saturated heterocycles. The zero-order valence-corrected chi connectivity index (χ0v) is 16.1. The summed E-state index contributed by atoms with van der Waals surface area (Å²) in [6, 6.07) is 15.6. The molecule has 134 valence electrons. The van der Waals surface area contributed by atoms with E-state index in [4.69, 9.17) is 11.6 Å².